The lowest BCUT2D eigenvalue weighted by atomic mass is 9.96. The predicted octanol–water partition coefficient (Wildman–Crippen LogP) is 5.18. The summed E-state index contributed by atoms with van der Waals surface area (Å²) in [5.41, 5.74) is 2.58. The molecule has 10 heteroatoms. The SMILES string of the molecule is CCc1ccc2nc(N(CCCN3CCOCC3)C(=O)c3ccc(S(=O)(=O)N(C)C4CCCCC4)cc3)sc2c1. The van der Waals surface area contributed by atoms with Crippen LogP contribution in [-0.4, -0.2) is 81.0 Å². The molecule has 2 aromatic carbocycles. The average molecular weight is 585 g/mol. The third kappa shape index (κ3) is 6.57. The van der Waals surface area contributed by atoms with Crippen molar-refractivity contribution in [2.75, 3.05) is 51.3 Å². The monoisotopic (exact) mass is 584 g/mol. The number of amides is 1. The van der Waals surface area contributed by atoms with Gasteiger partial charge in [-0.3, -0.25) is 14.6 Å². The molecule has 1 saturated carbocycles. The Morgan fingerprint density at radius 1 is 1.07 bits per heavy atom. The van der Waals surface area contributed by atoms with Crippen molar-refractivity contribution < 1.29 is 17.9 Å². The van der Waals surface area contributed by atoms with Crippen LogP contribution in [0.25, 0.3) is 10.2 Å². The number of benzene rings is 2. The van der Waals surface area contributed by atoms with E-state index in [4.69, 9.17) is 9.72 Å². The Morgan fingerprint density at radius 3 is 2.50 bits per heavy atom. The Hall–Kier alpha value is -2.37. The maximum absolute atomic E-state index is 13.9. The molecule has 3 aromatic rings. The lowest BCUT2D eigenvalue weighted by Crippen LogP contribution is -2.39. The number of sulfonamides is 1. The largest absolute Gasteiger partial charge is 0.379 e. The van der Waals surface area contributed by atoms with E-state index in [2.05, 4.69) is 24.0 Å². The number of carbonyl (C=O) groups excluding carboxylic acids is 1. The number of nitrogens with zero attached hydrogens (tertiary/aromatic N) is 4. The van der Waals surface area contributed by atoms with Gasteiger partial charge in [-0.1, -0.05) is 43.6 Å². The van der Waals surface area contributed by atoms with Crippen LogP contribution in [0.2, 0.25) is 0 Å². The fourth-order valence-electron chi connectivity index (χ4n) is 5.59. The number of fused-ring (bicyclic) bond motifs is 1. The van der Waals surface area contributed by atoms with Gasteiger partial charge >= 0.3 is 0 Å². The van der Waals surface area contributed by atoms with Gasteiger partial charge in [0.1, 0.15) is 0 Å². The molecular weight excluding hydrogens is 544 g/mol. The third-order valence-corrected chi connectivity index (χ3v) is 11.1. The molecule has 0 spiro atoms. The van der Waals surface area contributed by atoms with E-state index in [0.717, 1.165) is 81.6 Å². The predicted molar refractivity (Wildman–Crippen MR) is 161 cm³/mol. The van der Waals surface area contributed by atoms with Gasteiger partial charge < -0.3 is 4.74 Å². The van der Waals surface area contributed by atoms with Crippen LogP contribution in [0.3, 0.4) is 0 Å². The zero-order chi connectivity index (χ0) is 28.1. The highest BCUT2D eigenvalue weighted by atomic mass is 32.2. The second-order valence-corrected chi connectivity index (χ2v) is 13.8. The maximum Gasteiger partial charge on any atom is 0.260 e. The molecule has 40 heavy (non-hydrogen) atoms. The molecule has 2 heterocycles. The number of thiazole rings is 1. The minimum atomic E-state index is -3.62. The van der Waals surface area contributed by atoms with E-state index in [0.29, 0.717) is 17.2 Å². The van der Waals surface area contributed by atoms with Crippen LogP contribution in [0.15, 0.2) is 47.4 Å². The summed E-state index contributed by atoms with van der Waals surface area (Å²) in [6.07, 6.45) is 6.83. The first kappa shape index (κ1) is 29.1. The number of morpholine rings is 1. The van der Waals surface area contributed by atoms with Crippen LogP contribution in [-0.2, 0) is 21.2 Å². The van der Waals surface area contributed by atoms with Crippen molar-refractivity contribution in [3.05, 3.63) is 53.6 Å². The van der Waals surface area contributed by atoms with E-state index in [1.807, 2.05) is 6.07 Å². The number of rotatable bonds is 10. The molecule has 1 saturated heterocycles. The molecule has 0 bridgehead atoms. The summed E-state index contributed by atoms with van der Waals surface area (Å²) in [6.45, 7) is 6.82. The van der Waals surface area contributed by atoms with Gasteiger partial charge in [0, 0.05) is 44.8 Å². The fraction of sp³-hybridized carbons (Fsp3) is 0.533. The van der Waals surface area contributed by atoms with Gasteiger partial charge in [-0.25, -0.2) is 13.4 Å². The molecule has 2 fully saturated rings. The first-order valence-corrected chi connectivity index (χ1v) is 16.7. The van der Waals surface area contributed by atoms with Gasteiger partial charge in [-0.2, -0.15) is 4.31 Å². The number of ether oxygens (including phenoxy) is 1. The molecule has 2 aliphatic rings. The summed E-state index contributed by atoms with van der Waals surface area (Å²) in [5.74, 6) is -0.165. The normalized spacial score (nSPS) is 17.5. The van der Waals surface area contributed by atoms with Gasteiger partial charge in [-0.15, -0.1) is 0 Å². The summed E-state index contributed by atoms with van der Waals surface area (Å²) >= 11 is 1.53. The highest BCUT2D eigenvalue weighted by Gasteiger charge is 2.29. The van der Waals surface area contributed by atoms with Gasteiger partial charge in [0.25, 0.3) is 5.91 Å². The molecule has 0 radical (unpaired) electrons. The molecule has 1 aliphatic heterocycles. The summed E-state index contributed by atoms with van der Waals surface area (Å²) < 4.78 is 34.7. The number of carbonyl (C=O) groups is 1. The summed E-state index contributed by atoms with van der Waals surface area (Å²) in [5, 5.41) is 0.670. The minimum Gasteiger partial charge on any atom is -0.379 e. The zero-order valence-electron chi connectivity index (χ0n) is 23.5. The molecule has 8 nitrogen and oxygen atoms in total. The van der Waals surface area contributed by atoms with Crippen LogP contribution in [0, 0.1) is 0 Å². The quantitative estimate of drug-likeness (QED) is 0.327. The van der Waals surface area contributed by atoms with Crippen LogP contribution < -0.4 is 4.90 Å². The van der Waals surface area contributed by atoms with Gasteiger partial charge in [0.05, 0.1) is 28.3 Å². The molecule has 0 atom stereocenters. The average Bonchev–Trinajstić information content (AvgIpc) is 3.42. The Morgan fingerprint density at radius 2 is 1.80 bits per heavy atom. The van der Waals surface area contributed by atoms with Gasteiger partial charge in [-0.05, 0) is 67.6 Å². The topological polar surface area (TPSA) is 83.0 Å². The van der Waals surface area contributed by atoms with E-state index in [1.54, 1.807) is 36.2 Å². The second-order valence-electron chi connectivity index (χ2n) is 10.8. The number of hydrogen-bond donors (Lipinski definition) is 0. The van der Waals surface area contributed by atoms with Crippen molar-refractivity contribution in [1.29, 1.82) is 0 Å². The standard InChI is InChI=1S/C30H40N4O4S2/c1-3-23-10-15-27-28(22-23)39-30(31-27)34(17-7-16-33-18-20-38-21-19-33)29(35)24-11-13-26(14-12-24)40(36,37)32(2)25-8-5-4-6-9-25/h10-15,22,25H,3-9,16-21H2,1-2H3. The fourth-order valence-corrected chi connectivity index (χ4v) is 8.06. The third-order valence-electron chi connectivity index (χ3n) is 8.15. The van der Waals surface area contributed by atoms with Gasteiger partial charge in [0.15, 0.2) is 5.13 Å². The summed E-state index contributed by atoms with van der Waals surface area (Å²) in [4.78, 5) is 23.0. The zero-order valence-corrected chi connectivity index (χ0v) is 25.2. The molecular formula is C30H40N4O4S2. The Bertz CT molecular complexity index is 1390. The smallest absolute Gasteiger partial charge is 0.260 e. The van der Waals surface area contributed by atoms with Gasteiger partial charge in [0.2, 0.25) is 10.0 Å². The molecule has 0 unspecified atom stereocenters. The number of anilines is 1. The Kier molecular flexibility index (Phi) is 9.53. The van der Waals surface area contributed by atoms with Crippen molar-refractivity contribution >= 4 is 42.6 Å². The van der Waals surface area contributed by atoms with Crippen LogP contribution in [0.1, 0.15) is 61.4 Å². The van der Waals surface area contributed by atoms with Crippen LogP contribution >= 0.6 is 11.3 Å². The van der Waals surface area contributed by atoms with Crippen molar-refractivity contribution in [2.45, 2.75) is 62.8 Å². The van der Waals surface area contributed by atoms with Crippen molar-refractivity contribution in [2.24, 2.45) is 0 Å². The summed E-state index contributed by atoms with van der Waals surface area (Å²) in [7, 11) is -1.94. The molecule has 1 aliphatic carbocycles. The van der Waals surface area contributed by atoms with Crippen molar-refractivity contribution in [3.63, 3.8) is 0 Å². The van der Waals surface area contributed by atoms with E-state index in [-0.39, 0.29) is 16.8 Å². The van der Waals surface area contributed by atoms with E-state index in [9.17, 15) is 13.2 Å². The van der Waals surface area contributed by atoms with Crippen LogP contribution in [0.5, 0.6) is 0 Å². The second kappa shape index (κ2) is 13.1. The first-order valence-electron chi connectivity index (χ1n) is 14.5. The maximum atomic E-state index is 13.9. The molecule has 216 valence electrons. The molecule has 5 rings (SSSR count). The Balaban J connectivity index is 1.36. The lowest BCUT2D eigenvalue weighted by molar-refractivity contribution is 0.0376. The molecule has 0 N–H and O–H groups in total. The highest BCUT2D eigenvalue weighted by molar-refractivity contribution is 7.89. The summed E-state index contributed by atoms with van der Waals surface area (Å²) in [6, 6.07) is 12.7. The molecule has 1 amide bonds. The minimum absolute atomic E-state index is 0.0364. The van der Waals surface area contributed by atoms with E-state index in [1.165, 1.54) is 27.6 Å². The first-order chi connectivity index (χ1) is 19.4. The van der Waals surface area contributed by atoms with Crippen molar-refractivity contribution in [3.8, 4) is 0 Å². The lowest BCUT2D eigenvalue weighted by Gasteiger charge is -2.30. The number of aryl methyl sites for hydroxylation is 1. The van der Waals surface area contributed by atoms with Crippen LogP contribution in [0.4, 0.5) is 5.13 Å². The number of aromatic nitrogens is 1. The Labute approximate surface area is 242 Å². The molecule has 1 aromatic heterocycles. The number of hydrogen-bond acceptors (Lipinski definition) is 7. The van der Waals surface area contributed by atoms with E-state index >= 15 is 0 Å². The van der Waals surface area contributed by atoms with E-state index < -0.39 is 10.0 Å². The van der Waals surface area contributed by atoms with Crippen molar-refractivity contribution in [1.82, 2.24) is 14.2 Å². The highest BCUT2D eigenvalue weighted by Crippen LogP contribution is 2.31.